The molecule has 32 heavy (non-hydrogen) atoms. The summed E-state index contributed by atoms with van der Waals surface area (Å²) in [5.41, 5.74) is -0.0736. The Kier molecular flexibility index (Phi) is 8.63. The molecule has 0 radical (unpaired) electrons. The van der Waals surface area contributed by atoms with Gasteiger partial charge in [0.2, 0.25) is 5.91 Å². The van der Waals surface area contributed by atoms with Gasteiger partial charge in [0.25, 0.3) is 5.69 Å². The molecule has 1 saturated carbocycles. The normalized spacial score (nSPS) is 21.9. The van der Waals surface area contributed by atoms with Crippen molar-refractivity contribution in [1.29, 1.82) is 0 Å². The molecular formula is C22H33FN4O5. The van der Waals surface area contributed by atoms with Crippen LogP contribution in [0.25, 0.3) is 0 Å². The summed E-state index contributed by atoms with van der Waals surface area (Å²) in [6.45, 7) is 7.71. The standard InChI is InChI=1S/C22H33FN4O5/c1-15(2)24-22(28)16-3-5-17(6-4-16)25-19-14-21(18(23)13-20(19)27(29)30)32-12-9-26-7-10-31-11-8-26/h13-17,25H,3-12H2,1-2H3,(H,24,28). The van der Waals surface area contributed by atoms with Crippen LogP contribution in [0.15, 0.2) is 12.1 Å². The second-order valence-electron chi connectivity index (χ2n) is 8.72. The molecule has 1 aromatic rings. The van der Waals surface area contributed by atoms with Gasteiger partial charge in [0, 0.05) is 43.7 Å². The topological polar surface area (TPSA) is 106 Å². The van der Waals surface area contributed by atoms with Crippen molar-refractivity contribution >= 4 is 17.3 Å². The number of nitro benzene ring substituents is 1. The van der Waals surface area contributed by atoms with Crippen LogP contribution in [-0.4, -0.2) is 67.3 Å². The summed E-state index contributed by atoms with van der Waals surface area (Å²) < 4.78 is 25.4. The van der Waals surface area contributed by atoms with Crippen molar-refractivity contribution < 1.29 is 23.6 Å². The van der Waals surface area contributed by atoms with Crippen molar-refractivity contribution in [2.45, 2.75) is 51.6 Å². The molecule has 1 saturated heterocycles. The number of amides is 1. The zero-order valence-electron chi connectivity index (χ0n) is 18.8. The number of benzene rings is 1. The number of carbonyl (C=O) groups is 1. The van der Waals surface area contributed by atoms with E-state index in [1.807, 2.05) is 13.8 Å². The van der Waals surface area contributed by atoms with Gasteiger partial charge in [0.05, 0.1) is 24.2 Å². The smallest absolute Gasteiger partial charge is 0.295 e. The lowest BCUT2D eigenvalue weighted by molar-refractivity contribution is -0.384. The number of nitro groups is 1. The summed E-state index contributed by atoms with van der Waals surface area (Å²) in [5.74, 6) is -0.741. The van der Waals surface area contributed by atoms with Crippen LogP contribution in [0.2, 0.25) is 0 Å². The molecule has 1 aromatic carbocycles. The maximum absolute atomic E-state index is 14.4. The largest absolute Gasteiger partial charge is 0.489 e. The highest BCUT2D eigenvalue weighted by Crippen LogP contribution is 2.35. The lowest BCUT2D eigenvalue weighted by Gasteiger charge is -2.29. The molecule has 0 bridgehead atoms. The predicted octanol–water partition coefficient (Wildman–Crippen LogP) is 2.94. The molecule has 0 spiro atoms. The van der Waals surface area contributed by atoms with Crippen LogP contribution in [0.3, 0.4) is 0 Å². The molecule has 0 atom stereocenters. The van der Waals surface area contributed by atoms with Crippen molar-refractivity contribution in [1.82, 2.24) is 10.2 Å². The van der Waals surface area contributed by atoms with E-state index in [2.05, 4.69) is 15.5 Å². The molecule has 1 amide bonds. The van der Waals surface area contributed by atoms with Gasteiger partial charge in [-0.05, 0) is 39.5 Å². The number of ether oxygens (including phenoxy) is 2. The average Bonchev–Trinajstić information content (AvgIpc) is 2.76. The Bertz CT molecular complexity index is 793. The van der Waals surface area contributed by atoms with E-state index in [1.165, 1.54) is 6.07 Å². The SMILES string of the molecule is CC(C)NC(=O)C1CCC(Nc2cc(OCCN3CCOCC3)c(F)cc2[N+](=O)[O-])CC1. The van der Waals surface area contributed by atoms with Gasteiger partial charge < -0.3 is 20.1 Å². The van der Waals surface area contributed by atoms with Crippen LogP contribution in [0, 0.1) is 21.8 Å². The summed E-state index contributed by atoms with van der Waals surface area (Å²) in [6, 6.07) is 2.36. The van der Waals surface area contributed by atoms with Crippen LogP contribution >= 0.6 is 0 Å². The minimum atomic E-state index is -0.752. The number of rotatable bonds is 9. The fraction of sp³-hybridized carbons (Fsp3) is 0.682. The van der Waals surface area contributed by atoms with E-state index in [0.717, 1.165) is 19.2 Å². The predicted molar refractivity (Wildman–Crippen MR) is 118 cm³/mol. The maximum atomic E-state index is 14.4. The zero-order chi connectivity index (χ0) is 23.1. The van der Waals surface area contributed by atoms with E-state index >= 15 is 0 Å². The summed E-state index contributed by atoms with van der Waals surface area (Å²) >= 11 is 0. The maximum Gasteiger partial charge on any atom is 0.295 e. The van der Waals surface area contributed by atoms with E-state index in [1.54, 1.807) is 0 Å². The highest BCUT2D eigenvalue weighted by Gasteiger charge is 2.28. The first kappa shape index (κ1) is 24.2. The highest BCUT2D eigenvalue weighted by atomic mass is 19.1. The fourth-order valence-electron chi connectivity index (χ4n) is 4.15. The Morgan fingerprint density at radius 2 is 1.97 bits per heavy atom. The second kappa shape index (κ2) is 11.4. The van der Waals surface area contributed by atoms with Crippen molar-refractivity contribution in [3.8, 4) is 5.75 Å². The Balaban J connectivity index is 1.60. The van der Waals surface area contributed by atoms with Crippen LogP contribution in [0.5, 0.6) is 5.75 Å². The number of hydrogen-bond donors (Lipinski definition) is 2. The molecule has 178 valence electrons. The van der Waals surface area contributed by atoms with Crippen LogP contribution < -0.4 is 15.4 Å². The van der Waals surface area contributed by atoms with Crippen LogP contribution in [0.4, 0.5) is 15.8 Å². The minimum Gasteiger partial charge on any atom is -0.489 e. The first-order chi connectivity index (χ1) is 15.3. The second-order valence-corrected chi connectivity index (χ2v) is 8.72. The van der Waals surface area contributed by atoms with E-state index in [-0.39, 0.29) is 47.6 Å². The van der Waals surface area contributed by atoms with Gasteiger partial charge in [-0.3, -0.25) is 19.8 Å². The average molecular weight is 453 g/mol. The van der Waals surface area contributed by atoms with E-state index < -0.39 is 10.7 Å². The monoisotopic (exact) mass is 452 g/mol. The molecule has 2 N–H and O–H groups in total. The molecule has 10 heteroatoms. The molecule has 3 rings (SSSR count). The van der Waals surface area contributed by atoms with E-state index in [4.69, 9.17) is 9.47 Å². The third kappa shape index (κ3) is 6.77. The molecule has 2 aliphatic rings. The lowest BCUT2D eigenvalue weighted by Crippen LogP contribution is -2.39. The number of anilines is 1. The van der Waals surface area contributed by atoms with Gasteiger partial charge in [-0.15, -0.1) is 0 Å². The molecule has 9 nitrogen and oxygen atoms in total. The van der Waals surface area contributed by atoms with Crippen molar-refractivity contribution in [2.75, 3.05) is 44.8 Å². The zero-order valence-corrected chi connectivity index (χ0v) is 18.8. The first-order valence-electron chi connectivity index (χ1n) is 11.3. The van der Waals surface area contributed by atoms with Gasteiger partial charge in [0.1, 0.15) is 12.3 Å². The molecule has 0 unspecified atom stereocenters. The van der Waals surface area contributed by atoms with E-state index in [9.17, 15) is 19.3 Å². The summed E-state index contributed by atoms with van der Waals surface area (Å²) in [4.78, 5) is 25.3. The number of morpholine rings is 1. The third-order valence-corrected chi connectivity index (χ3v) is 5.90. The summed E-state index contributed by atoms with van der Waals surface area (Å²) in [6.07, 6.45) is 2.82. The number of carbonyl (C=O) groups excluding carboxylic acids is 1. The van der Waals surface area contributed by atoms with E-state index in [0.29, 0.717) is 45.4 Å². The Morgan fingerprint density at radius 1 is 1.28 bits per heavy atom. The molecule has 1 aliphatic heterocycles. The molecule has 1 aliphatic carbocycles. The van der Waals surface area contributed by atoms with Crippen molar-refractivity contribution in [3.63, 3.8) is 0 Å². The van der Waals surface area contributed by atoms with Crippen molar-refractivity contribution in [2.24, 2.45) is 5.92 Å². The first-order valence-corrected chi connectivity index (χ1v) is 11.3. The van der Waals surface area contributed by atoms with Gasteiger partial charge in [-0.25, -0.2) is 4.39 Å². The van der Waals surface area contributed by atoms with Gasteiger partial charge in [-0.2, -0.15) is 0 Å². The van der Waals surface area contributed by atoms with Crippen LogP contribution in [0.1, 0.15) is 39.5 Å². The number of nitrogens with zero attached hydrogens (tertiary/aromatic N) is 2. The Labute approximate surface area is 187 Å². The summed E-state index contributed by atoms with van der Waals surface area (Å²) in [7, 11) is 0. The highest BCUT2D eigenvalue weighted by molar-refractivity contribution is 5.79. The van der Waals surface area contributed by atoms with Gasteiger partial charge in [-0.1, -0.05) is 0 Å². The Hall–Kier alpha value is -2.46. The summed E-state index contributed by atoms with van der Waals surface area (Å²) in [5, 5.41) is 17.6. The number of nitrogens with one attached hydrogen (secondary N) is 2. The van der Waals surface area contributed by atoms with Gasteiger partial charge in [0.15, 0.2) is 11.6 Å². The molecule has 1 heterocycles. The molecular weight excluding hydrogens is 419 g/mol. The quantitative estimate of drug-likeness (QED) is 0.438. The minimum absolute atomic E-state index is 0.00337. The number of hydrogen-bond acceptors (Lipinski definition) is 7. The molecule has 2 fully saturated rings. The molecule has 0 aromatic heterocycles. The lowest BCUT2D eigenvalue weighted by atomic mass is 9.85. The van der Waals surface area contributed by atoms with Crippen molar-refractivity contribution in [3.05, 3.63) is 28.1 Å². The third-order valence-electron chi connectivity index (χ3n) is 5.90. The Morgan fingerprint density at radius 3 is 2.59 bits per heavy atom. The van der Waals surface area contributed by atoms with Crippen LogP contribution in [-0.2, 0) is 9.53 Å². The number of halogens is 1. The fourth-order valence-corrected chi connectivity index (χ4v) is 4.15. The van der Waals surface area contributed by atoms with Gasteiger partial charge >= 0.3 is 0 Å².